The summed E-state index contributed by atoms with van der Waals surface area (Å²) in [6.07, 6.45) is 42.2. The van der Waals surface area contributed by atoms with Crippen LogP contribution in [0.2, 0.25) is 0 Å². The topological polar surface area (TPSA) is 132 Å². The van der Waals surface area contributed by atoms with Crippen LogP contribution in [-0.4, -0.2) is 66.3 Å². The monoisotopic (exact) mass is 757 g/mol. The molecule has 0 heterocycles. The van der Waals surface area contributed by atoms with Crippen LogP contribution in [0.25, 0.3) is 0 Å². The number of carbonyl (C=O) groups excluding carboxylic acids is 1. The molecule has 10 heteroatoms. The Balaban J connectivity index is 4.09. The van der Waals surface area contributed by atoms with Gasteiger partial charge in [0.1, 0.15) is 12.2 Å². The third-order valence-corrected chi connectivity index (χ3v) is 9.48. The van der Waals surface area contributed by atoms with Gasteiger partial charge in [-0.2, -0.15) is 0 Å². The van der Waals surface area contributed by atoms with Crippen LogP contribution in [-0.2, 0) is 27.9 Å². The molecule has 0 aromatic heterocycles. The van der Waals surface area contributed by atoms with E-state index in [1.165, 1.54) is 77.0 Å². The van der Waals surface area contributed by atoms with Crippen molar-refractivity contribution in [3.05, 3.63) is 48.6 Å². The van der Waals surface area contributed by atoms with Crippen molar-refractivity contribution in [2.24, 2.45) is 0 Å². The molecule has 0 aliphatic heterocycles. The Morgan fingerprint density at radius 2 is 1.10 bits per heavy atom. The number of phosphoric acid groups is 1. The highest BCUT2D eigenvalue weighted by molar-refractivity contribution is 7.47. The first-order valence-electron chi connectivity index (χ1n) is 20.6. The smallest absolute Gasteiger partial charge is 0.457 e. The summed E-state index contributed by atoms with van der Waals surface area (Å²) in [6, 6.07) is 0. The summed E-state index contributed by atoms with van der Waals surface area (Å²) in [6.45, 7) is 3.36. The number of aliphatic hydroxyl groups is 2. The molecular formula is C42H77O9P. The Hall–Kier alpha value is -1.58. The van der Waals surface area contributed by atoms with Gasteiger partial charge in [-0.3, -0.25) is 13.8 Å². The van der Waals surface area contributed by atoms with Gasteiger partial charge in [-0.15, -0.1) is 0 Å². The molecule has 0 spiro atoms. The average Bonchev–Trinajstić information content (AvgIpc) is 3.13. The Bertz CT molecular complexity index is 950. The molecule has 0 saturated heterocycles. The summed E-state index contributed by atoms with van der Waals surface area (Å²) >= 11 is 0. The van der Waals surface area contributed by atoms with Crippen LogP contribution in [0.4, 0.5) is 0 Å². The zero-order chi connectivity index (χ0) is 38.2. The van der Waals surface area contributed by atoms with Gasteiger partial charge in [-0.05, 0) is 51.4 Å². The summed E-state index contributed by atoms with van der Waals surface area (Å²) in [5, 5.41) is 18.3. The Kier molecular flexibility index (Phi) is 37.9. The minimum Gasteiger partial charge on any atom is -0.457 e. The Labute approximate surface area is 317 Å². The van der Waals surface area contributed by atoms with E-state index in [1.807, 2.05) is 0 Å². The van der Waals surface area contributed by atoms with Crippen molar-refractivity contribution in [2.75, 3.05) is 33.0 Å². The number of allylic oxidation sites excluding steroid dienone is 8. The second-order valence-corrected chi connectivity index (χ2v) is 15.1. The van der Waals surface area contributed by atoms with Crippen LogP contribution in [0.15, 0.2) is 48.6 Å². The number of esters is 1. The summed E-state index contributed by atoms with van der Waals surface area (Å²) < 4.78 is 33.2. The SMILES string of the molecule is CC/C=C\C/C=C\C/C=C\C/C=C\CCCCCCCCCCCOCC(COP(=O)(O)OCC(O)CO)OC(=O)CCCCCCCCCCC. The van der Waals surface area contributed by atoms with Crippen LogP contribution in [0.1, 0.15) is 168 Å². The van der Waals surface area contributed by atoms with E-state index >= 15 is 0 Å². The van der Waals surface area contributed by atoms with Gasteiger partial charge in [0, 0.05) is 13.0 Å². The molecule has 9 nitrogen and oxygen atoms in total. The summed E-state index contributed by atoms with van der Waals surface area (Å²) in [5.74, 6) is -0.390. The molecular weight excluding hydrogens is 679 g/mol. The molecule has 0 radical (unpaired) electrons. The summed E-state index contributed by atoms with van der Waals surface area (Å²) in [5.41, 5.74) is 0. The highest BCUT2D eigenvalue weighted by Crippen LogP contribution is 2.43. The highest BCUT2D eigenvalue weighted by atomic mass is 31.2. The van der Waals surface area contributed by atoms with Gasteiger partial charge in [0.15, 0.2) is 0 Å². The molecule has 0 aliphatic rings. The molecule has 0 aliphatic carbocycles. The molecule has 3 N–H and O–H groups in total. The lowest BCUT2D eigenvalue weighted by Crippen LogP contribution is -2.29. The maximum Gasteiger partial charge on any atom is 0.472 e. The van der Waals surface area contributed by atoms with E-state index in [4.69, 9.17) is 23.6 Å². The maximum atomic E-state index is 12.5. The van der Waals surface area contributed by atoms with E-state index in [0.29, 0.717) is 6.61 Å². The second-order valence-electron chi connectivity index (χ2n) is 13.6. The molecule has 3 atom stereocenters. The van der Waals surface area contributed by atoms with Crippen molar-refractivity contribution in [3.8, 4) is 0 Å². The van der Waals surface area contributed by atoms with Crippen molar-refractivity contribution >= 4 is 13.8 Å². The lowest BCUT2D eigenvalue weighted by Gasteiger charge is -2.20. The quantitative estimate of drug-likeness (QED) is 0.0243. The predicted octanol–water partition coefficient (Wildman–Crippen LogP) is 11.0. The fraction of sp³-hybridized carbons (Fsp3) is 0.786. The first-order chi connectivity index (χ1) is 25.3. The van der Waals surface area contributed by atoms with E-state index < -0.39 is 33.2 Å². The van der Waals surface area contributed by atoms with Gasteiger partial charge in [-0.1, -0.05) is 159 Å². The third-order valence-electron chi connectivity index (χ3n) is 8.53. The summed E-state index contributed by atoms with van der Waals surface area (Å²) in [4.78, 5) is 22.4. The second kappa shape index (κ2) is 39.1. The van der Waals surface area contributed by atoms with Gasteiger partial charge >= 0.3 is 13.8 Å². The fourth-order valence-electron chi connectivity index (χ4n) is 5.40. The van der Waals surface area contributed by atoms with Crippen molar-refractivity contribution in [2.45, 2.75) is 180 Å². The minimum absolute atomic E-state index is 0.0453. The average molecular weight is 757 g/mol. The summed E-state index contributed by atoms with van der Waals surface area (Å²) in [7, 11) is -4.51. The van der Waals surface area contributed by atoms with Crippen molar-refractivity contribution in [3.63, 3.8) is 0 Å². The predicted molar refractivity (Wildman–Crippen MR) is 214 cm³/mol. The van der Waals surface area contributed by atoms with Crippen LogP contribution in [0, 0.1) is 0 Å². The van der Waals surface area contributed by atoms with Crippen molar-refractivity contribution in [1.82, 2.24) is 0 Å². The number of carbonyl (C=O) groups is 1. The van der Waals surface area contributed by atoms with Gasteiger partial charge in [0.2, 0.25) is 0 Å². The molecule has 0 aromatic carbocycles. The van der Waals surface area contributed by atoms with Crippen molar-refractivity contribution in [1.29, 1.82) is 0 Å². The lowest BCUT2D eigenvalue weighted by atomic mass is 10.1. The molecule has 0 fully saturated rings. The number of phosphoric ester groups is 1. The van der Waals surface area contributed by atoms with Gasteiger partial charge in [0.25, 0.3) is 0 Å². The van der Waals surface area contributed by atoms with Crippen LogP contribution >= 0.6 is 7.82 Å². The Morgan fingerprint density at radius 1 is 0.615 bits per heavy atom. The normalized spacial score (nSPS) is 14.6. The zero-order valence-corrected chi connectivity index (χ0v) is 33.9. The van der Waals surface area contributed by atoms with E-state index in [-0.39, 0.29) is 25.6 Å². The van der Waals surface area contributed by atoms with Gasteiger partial charge in [-0.25, -0.2) is 4.57 Å². The molecule has 0 rings (SSSR count). The highest BCUT2D eigenvalue weighted by Gasteiger charge is 2.26. The zero-order valence-electron chi connectivity index (χ0n) is 33.0. The number of rotatable bonds is 39. The molecule has 0 aromatic rings. The number of ether oxygens (including phenoxy) is 2. The van der Waals surface area contributed by atoms with Crippen LogP contribution < -0.4 is 0 Å². The van der Waals surface area contributed by atoms with Gasteiger partial charge < -0.3 is 24.6 Å². The largest absolute Gasteiger partial charge is 0.472 e. The van der Waals surface area contributed by atoms with Crippen LogP contribution in [0.5, 0.6) is 0 Å². The molecule has 0 saturated carbocycles. The van der Waals surface area contributed by atoms with E-state index in [1.54, 1.807) is 0 Å². The number of hydrogen-bond donors (Lipinski definition) is 3. The Morgan fingerprint density at radius 3 is 1.65 bits per heavy atom. The maximum absolute atomic E-state index is 12.5. The van der Waals surface area contributed by atoms with Crippen LogP contribution in [0.3, 0.4) is 0 Å². The van der Waals surface area contributed by atoms with E-state index in [2.05, 4.69) is 62.5 Å². The fourth-order valence-corrected chi connectivity index (χ4v) is 6.19. The van der Waals surface area contributed by atoms with E-state index in [9.17, 15) is 19.4 Å². The molecule has 0 amide bonds. The molecule has 304 valence electrons. The number of unbranched alkanes of at least 4 members (excludes halogenated alkanes) is 17. The van der Waals surface area contributed by atoms with Crippen molar-refractivity contribution < 1.29 is 43.0 Å². The molecule has 52 heavy (non-hydrogen) atoms. The minimum atomic E-state index is -4.51. The first-order valence-corrected chi connectivity index (χ1v) is 22.1. The number of hydrogen-bond acceptors (Lipinski definition) is 8. The molecule has 3 unspecified atom stereocenters. The standard InChI is InChI=1S/C42H77O9P/c1-3-5-7-9-11-13-14-15-16-17-18-19-20-21-22-23-24-25-27-29-31-33-35-48-38-41(39-50-52(46,47)49-37-40(44)36-43)51-42(45)34-32-30-28-26-12-10-8-6-4-2/h5,7,11,13,15-16,18-19,40-41,43-44H,3-4,6,8-10,12,14,17,20-39H2,1-2H3,(H,46,47)/b7-5-,13-11-,16-15-,19-18-. The third kappa shape index (κ3) is 38.2. The van der Waals surface area contributed by atoms with Gasteiger partial charge in [0.05, 0.1) is 26.4 Å². The van der Waals surface area contributed by atoms with E-state index in [0.717, 1.165) is 70.6 Å². The number of aliphatic hydroxyl groups excluding tert-OH is 2. The first kappa shape index (κ1) is 50.4. The molecule has 0 bridgehead atoms. The lowest BCUT2D eigenvalue weighted by molar-refractivity contribution is -0.154.